The molecule has 2 aromatic heterocycles. The first kappa shape index (κ1) is 21.6. The van der Waals surface area contributed by atoms with Gasteiger partial charge in [0.25, 0.3) is 5.91 Å². The van der Waals surface area contributed by atoms with Gasteiger partial charge in [-0.2, -0.15) is 0 Å². The molecule has 4 rings (SSSR count). The van der Waals surface area contributed by atoms with Crippen LogP contribution in [0.25, 0.3) is 10.2 Å². The second-order valence-corrected chi connectivity index (χ2v) is 9.09. The minimum absolute atomic E-state index is 0.142. The average molecular weight is 439 g/mol. The molecule has 1 saturated heterocycles. The number of carbonyl (C=O) groups is 1. The fourth-order valence-electron chi connectivity index (χ4n) is 4.14. The second-order valence-electron chi connectivity index (χ2n) is 8.09. The third-order valence-corrected chi connectivity index (χ3v) is 6.94. The standard InChI is InChI=1S/C24H30N4O2S/c1-16-6-9-20-21(25)22(31-24(20)27-16)23(29)26-11-10-17-7-8-19(14-18(17)15-30-2)28-12-4-3-5-13-28/h6-9,14H,3-5,10-13,15,25H2,1-2H3,(H,26,29). The fourth-order valence-corrected chi connectivity index (χ4v) is 5.20. The van der Waals surface area contributed by atoms with E-state index in [0.29, 0.717) is 23.7 Å². The molecule has 0 spiro atoms. The van der Waals surface area contributed by atoms with Crippen molar-refractivity contribution < 1.29 is 9.53 Å². The number of aromatic nitrogens is 1. The number of benzene rings is 1. The van der Waals surface area contributed by atoms with Crippen LogP contribution in [-0.2, 0) is 17.8 Å². The van der Waals surface area contributed by atoms with Crippen molar-refractivity contribution in [3.05, 3.63) is 52.0 Å². The van der Waals surface area contributed by atoms with E-state index in [0.717, 1.165) is 35.4 Å². The van der Waals surface area contributed by atoms with E-state index in [2.05, 4.69) is 33.4 Å². The number of nitrogens with zero attached hydrogens (tertiary/aromatic N) is 2. The Morgan fingerprint density at radius 1 is 1.19 bits per heavy atom. The number of nitrogens with two attached hydrogens (primary N) is 1. The van der Waals surface area contributed by atoms with Gasteiger partial charge in [0.15, 0.2) is 0 Å². The van der Waals surface area contributed by atoms with E-state index < -0.39 is 0 Å². The lowest BCUT2D eigenvalue weighted by Gasteiger charge is -2.29. The molecule has 0 atom stereocenters. The van der Waals surface area contributed by atoms with Crippen LogP contribution >= 0.6 is 11.3 Å². The Morgan fingerprint density at radius 3 is 2.77 bits per heavy atom. The van der Waals surface area contributed by atoms with Gasteiger partial charge in [0.2, 0.25) is 0 Å². The van der Waals surface area contributed by atoms with Gasteiger partial charge in [0, 0.05) is 43.5 Å². The smallest absolute Gasteiger partial charge is 0.263 e. The van der Waals surface area contributed by atoms with Crippen LogP contribution in [-0.4, -0.2) is 37.6 Å². The van der Waals surface area contributed by atoms with Gasteiger partial charge in [-0.25, -0.2) is 4.98 Å². The molecule has 3 aromatic rings. The molecule has 0 unspecified atom stereocenters. The highest BCUT2D eigenvalue weighted by atomic mass is 32.1. The largest absolute Gasteiger partial charge is 0.397 e. The van der Waals surface area contributed by atoms with Crippen molar-refractivity contribution in [2.24, 2.45) is 0 Å². The zero-order chi connectivity index (χ0) is 21.8. The van der Waals surface area contributed by atoms with Crippen molar-refractivity contribution in [1.82, 2.24) is 10.3 Å². The van der Waals surface area contributed by atoms with Crippen molar-refractivity contribution in [1.29, 1.82) is 0 Å². The second kappa shape index (κ2) is 9.66. The topological polar surface area (TPSA) is 80.5 Å². The van der Waals surface area contributed by atoms with Crippen molar-refractivity contribution in [3.63, 3.8) is 0 Å². The number of piperidine rings is 1. The molecule has 6 nitrogen and oxygen atoms in total. The lowest BCUT2D eigenvalue weighted by atomic mass is 10.0. The van der Waals surface area contributed by atoms with Crippen LogP contribution in [0.1, 0.15) is 45.8 Å². The summed E-state index contributed by atoms with van der Waals surface area (Å²) in [6, 6.07) is 10.5. The highest BCUT2D eigenvalue weighted by molar-refractivity contribution is 7.21. The SMILES string of the molecule is COCc1cc(N2CCCCC2)ccc1CCNC(=O)c1sc2nc(C)ccc2c1N. The maximum atomic E-state index is 12.7. The number of nitrogen functional groups attached to an aromatic ring is 1. The molecule has 0 bridgehead atoms. The number of carbonyl (C=O) groups excluding carboxylic acids is 1. The molecule has 3 N–H and O–H groups in total. The highest BCUT2D eigenvalue weighted by Crippen LogP contribution is 2.32. The number of ether oxygens (including phenoxy) is 1. The summed E-state index contributed by atoms with van der Waals surface area (Å²) in [6.07, 6.45) is 4.57. The number of hydrogen-bond donors (Lipinski definition) is 2. The minimum atomic E-state index is -0.142. The van der Waals surface area contributed by atoms with Crippen molar-refractivity contribution in [2.75, 3.05) is 37.4 Å². The Kier molecular flexibility index (Phi) is 6.73. The van der Waals surface area contributed by atoms with Crippen molar-refractivity contribution in [3.8, 4) is 0 Å². The number of aryl methyl sites for hydroxylation is 1. The van der Waals surface area contributed by atoms with E-state index in [1.807, 2.05) is 19.1 Å². The van der Waals surface area contributed by atoms with E-state index in [-0.39, 0.29) is 5.91 Å². The van der Waals surface area contributed by atoms with Gasteiger partial charge >= 0.3 is 0 Å². The lowest BCUT2D eigenvalue weighted by molar-refractivity contribution is 0.0959. The first-order chi connectivity index (χ1) is 15.1. The lowest BCUT2D eigenvalue weighted by Crippen LogP contribution is -2.29. The number of anilines is 2. The van der Waals surface area contributed by atoms with E-state index >= 15 is 0 Å². The van der Waals surface area contributed by atoms with Crippen LogP contribution in [0.2, 0.25) is 0 Å². The van der Waals surface area contributed by atoms with E-state index in [4.69, 9.17) is 10.5 Å². The number of amides is 1. The number of thiophene rings is 1. The molecule has 0 radical (unpaired) electrons. The molecule has 31 heavy (non-hydrogen) atoms. The Bertz CT molecular complexity index is 1070. The monoisotopic (exact) mass is 438 g/mol. The van der Waals surface area contributed by atoms with Gasteiger partial charge in [-0.05, 0) is 68.0 Å². The Labute approximate surface area is 187 Å². The summed E-state index contributed by atoms with van der Waals surface area (Å²) in [6.45, 7) is 5.28. The fraction of sp³-hybridized carbons (Fsp3) is 0.417. The third kappa shape index (κ3) is 4.83. The van der Waals surface area contributed by atoms with Crippen LogP contribution < -0.4 is 16.0 Å². The summed E-state index contributed by atoms with van der Waals surface area (Å²) in [7, 11) is 1.72. The molecule has 1 aliphatic rings. The van der Waals surface area contributed by atoms with Crippen molar-refractivity contribution >= 4 is 38.8 Å². The van der Waals surface area contributed by atoms with Crippen LogP contribution in [0.15, 0.2) is 30.3 Å². The Balaban J connectivity index is 1.42. The summed E-state index contributed by atoms with van der Waals surface area (Å²) in [5.41, 5.74) is 11.3. The van der Waals surface area contributed by atoms with E-state index in [9.17, 15) is 4.79 Å². The normalized spacial score (nSPS) is 14.2. The van der Waals surface area contributed by atoms with Crippen LogP contribution in [0, 0.1) is 6.92 Å². The average Bonchev–Trinajstić information content (AvgIpc) is 3.11. The number of pyridine rings is 1. The van der Waals surface area contributed by atoms with Gasteiger partial charge < -0.3 is 20.7 Å². The molecule has 0 aliphatic carbocycles. The zero-order valence-corrected chi connectivity index (χ0v) is 19.1. The van der Waals surface area contributed by atoms with Gasteiger partial charge in [0.1, 0.15) is 9.71 Å². The van der Waals surface area contributed by atoms with Crippen LogP contribution in [0.5, 0.6) is 0 Å². The molecule has 1 amide bonds. The summed E-state index contributed by atoms with van der Waals surface area (Å²) >= 11 is 1.35. The predicted molar refractivity (Wildman–Crippen MR) is 128 cm³/mol. The number of hydrogen-bond acceptors (Lipinski definition) is 6. The molecule has 1 aliphatic heterocycles. The molecule has 7 heteroatoms. The third-order valence-electron chi connectivity index (χ3n) is 5.83. The van der Waals surface area contributed by atoms with Crippen LogP contribution in [0.3, 0.4) is 0 Å². The number of rotatable bonds is 7. The highest BCUT2D eigenvalue weighted by Gasteiger charge is 2.17. The number of methoxy groups -OCH3 is 1. The van der Waals surface area contributed by atoms with Gasteiger partial charge in [-0.1, -0.05) is 6.07 Å². The quantitative estimate of drug-likeness (QED) is 0.575. The molecule has 1 fully saturated rings. The summed E-state index contributed by atoms with van der Waals surface area (Å²) < 4.78 is 5.44. The summed E-state index contributed by atoms with van der Waals surface area (Å²) in [5, 5.41) is 3.87. The molecule has 164 valence electrons. The molecule has 0 saturated carbocycles. The summed E-state index contributed by atoms with van der Waals surface area (Å²) in [5.74, 6) is -0.142. The molecule has 3 heterocycles. The maximum absolute atomic E-state index is 12.7. The van der Waals surface area contributed by atoms with Gasteiger partial charge in [-0.3, -0.25) is 4.79 Å². The zero-order valence-electron chi connectivity index (χ0n) is 18.2. The molecular formula is C24H30N4O2S. The van der Waals surface area contributed by atoms with Crippen molar-refractivity contribution in [2.45, 2.75) is 39.2 Å². The minimum Gasteiger partial charge on any atom is -0.397 e. The molecule has 1 aromatic carbocycles. The predicted octanol–water partition coefficient (Wildman–Crippen LogP) is 4.30. The first-order valence-corrected chi connectivity index (χ1v) is 11.7. The summed E-state index contributed by atoms with van der Waals surface area (Å²) in [4.78, 5) is 21.0. The van der Waals surface area contributed by atoms with Gasteiger partial charge in [-0.15, -0.1) is 11.3 Å². The Morgan fingerprint density at radius 2 is 2.00 bits per heavy atom. The molecular weight excluding hydrogens is 408 g/mol. The Hall–Kier alpha value is -2.64. The van der Waals surface area contributed by atoms with E-state index in [1.54, 1.807) is 7.11 Å². The number of fused-ring (bicyclic) bond motifs is 1. The van der Waals surface area contributed by atoms with Crippen LogP contribution in [0.4, 0.5) is 11.4 Å². The van der Waals surface area contributed by atoms with E-state index in [1.165, 1.54) is 47.4 Å². The first-order valence-electron chi connectivity index (χ1n) is 10.9. The van der Waals surface area contributed by atoms with Gasteiger partial charge in [0.05, 0.1) is 12.3 Å². The maximum Gasteiger partial charge on any atom is 0.263 e. The number of nitrogens with one attached hydrogen (secondary N) is 1.